The smallest absolute Gasteiger partial charge is 0.323 e. The van der Waals surface area contributed by atoms with Crippen molar-refractivity contribution in [1.82, 2.24) is 9.88 Å². The van der Waals surface area contributed by atoms with Gasteiger partial charge < -0.3 is 4.90 Å². The third-order valence-corrected chi connectivity index (χ3v) is 3.50. The van der Waals surface area contributed by atoms with Crippen LogP contribution in [-0.4, -0.2) is 30.0 Å². The predicted molar refractivity (Wildman–Crippen MR) is 78.0 cm³/mol. The number of nitrogens with zero attached hydrogens (tertiary/aromatic N) is 2. The molecule has 1 heterocycles. The van der Waals surface area contributed by atoms with Crippen molar-refractivity contribution in [3.8, 4) is 11.3 Å². The van der Waals surface area contributed by atoms with Gasteiger partial charge in [-0.25, -0.2) is 9.78 Å². The van der Waals surface area contributed by atoms with Crippen LogP contribution in [0.15, 0.2) is 34.1 Å². The van der Waals surface area contributed by atoms with E-state index in [2.05, 4.69) is 26.2 Å². The molecule has 94 valence electrons. The number of hydrogen-bond donors (Lipinski definition) is 1. The van der Waals surface area contributed by atoms with Gasteiger partial charge in [0.15, 0.2) is 5.13 Å². The van der Waals surface area contributed by atoms with Gasteiger partial charge in [-0.1, -0.05) is 28.1 Å². The lowest BCUT2D eigenvalue weighted by Gasteiger charge is -2.09. The number of aromatic nitrogens is 1. The number of carbonyl (C=O) groups excluding carboxylic acids is 1. The summed E-state index contributed by atoms with van der Waals surface area (Å²) in [5.41, 5.74) is 1.88. The number of urea groups is 1. The van der Waals surface area contributed by atoms with Crippen molar-refractivity contribution in [1.29, 1.82) is 0 Å². The second kappa shape index (κ2) is 5.49. The molecule has 0 bridgehead atoms. The lowest BCUT2D eigenvalue weighted by Crippen LogP contribution is -2.27. The Bertz CT molecular complexity index is 568. The number of carbonyl (C=O) groups is 1. The molecule has 1 aromatic heterocycles. The Morgan fingerprint density at radius 2 is 2.22 bits per heavy atom. The summed E-state index contributed by atoms with van der Waals surface area (Å²) in [6.45, 7) is 0. The molecule has 18 heavy (non-hydrogen) atoms. The highest BCUT2D eigenvalue weighted by atomic mass is 79.9. The molecule has 0 aliphatic heterocycles. The summed E-state index contributed by atoms with van der Waals surface area (Å²) in [4.78, 5) is 17.3. The summed E-state index contributed by atoms with van der Waals surface area (Å²) in [5, 5.41) is 5.25. The molecule has 4 nitrogen and oxygen atoms in total. The predicted octanol–water partition coefficient (Wildman–Crippen LogP) is 3.67. The number of amides is 2. The molecule has 1 aromatic carbocycles. The SMILES string of the molecule is CN(C)C(=O)Nc1nc(-c2cccc(Br)c2)cs1. The van der Waals surface area contributed by atoms with E-state index in [9.17, 15) is 4.79 Å². The van der Waals surface area contributed by atoms with E-state index in [0.717, 1.165) is 15.7 Å². The van der Waals surface area contributed by atoms with E-state index in [-0.39, 0.29) is 6.03 Å². The van der Waals surface area contributed by atoms with E-state index in [1.54, 1.807) is 14.1 Å². The van der Waals surface area contributed by atoms with E-state index in [4.69, 9.17) is 0 Å². The molecule has 1 N–H and O–H groups in total. The lowest BCUT2D eigenvalue weighted by molar-refractivity contribution is 0.230. The van der Waals surface area contributed by atoms with Crippen molar-refractivity contribution in [3.63, 3.8) is 0 Å². The number of rotatable bonds is 2. The highest BCUT2D eigenvalue weighted by molar-refractivity contribution is 9.10. The van der Waals surface area contributed by atoms with Gasteiger partial charge >= 0.3 is 6.03 Å². The Balaban J connectivity index is 2.18. The molecular weight excluding hydrogens is 314 g/mol. The van der Waals surface area contributed by atoms with E-state index < -0.39 is 0 Å². The number of benzene rings is 1. The maximum Gasteiger partial charge on any atom is 0.323 e. The van der Waals surface area contributed by atoms with E-state index >= 15 is 0 Å². The Hall–Kier alpha value is -1.40. The molecule has 0 saturated carbocycles. The molecule has 2 amide bonds. The van der Waals surface area contributed by atoms with Crippen molar-refractivity contribution in [2.45, 2.75) is 0 Å². The van der Waals surface area contributed by atoms with Crippen LogP contribution in [0.1, 0.15) is 0 Å². The summed E-state index contributed by atoms with van der Waals surface area (Å²) >= 11 is 4.84. The zero-order valence-electron chi connectivity index (χ0n) is 9.98. The molecule has 0 atom stereocenters. The summed E-state index contributed by atoms with van der Waals surface area (Å²) in [6.07, 6.45) is 0. The molecule has 6 heteroatoms. The number of thiazole rings is 1. The molecular formula is C12H12BrN3OS. The topological polar surface area (TPSA) is 45.2 Å². The average Bonchev–Trinajstić information content (AvgIpc) is 2.77. The normalized spacial score (nSPS) is 10.2. The maximum atomic E-state index is 11.5. The minimum absolute atomic E-state index is 0.176. The largest absolute Gasteiger partial charge is 0.331 e. The fourth-order valence-electron chi connectivity index (χ4n) is 1.31. The highest BCUT2D eigenvalue weighted by Crippen LogP contribution is 2.26. The fourth-order valence-corrected chi connectivity index (χ4v) is 2.42. The molecule has 2 rings (SSSR count). The number of anilines is 1. The van der Waals surface area contributed by atoms with Gasteiger partial charge in [-0.2, -0.15) is 0 Å². The van der Waals surface area contributed by atoms with Crippen molar-refractivity contribution >= 4 is 38.4 Å². The van der Waals surface area contributed by atoms with Crippen molar-refractivity contribution in [2.24, 2.45) is 0 Å². The van der Waals surface area contributed by atoms with Crippen LogP contribution < -0.4 is 5.32 Å². The zero-order valence-corrected chi connectivity index (χ0v) is 12.4. The monoisotopic (exact) mass is 325 g/mol. The Morgan fingerprint density at radius 3 is 2.89 bits per heavy atom. The van der Waals surface area contributed by atoms with Gasteiger partial charge in [0.25, 0.3) is 0 Å². The molecule has 0 aliphatic rings. The van der Waals surface area contributed by atoms with Gasteiger partial charge in [-0.3, -0.25) is 5.32 Å². The zero-order chi connectivity index (χ0) is 13.1. The molecule has 2 aromatic rings. The van der Waals surface area contributed by atoms with Crippen molar-refractivity contribution in [2.75, 3.05) is 19.4 Å². The van der Waals surface area contributed by atoms with Crippen molar-refractivity contribution in [3.05, 3.63) is 34.1 Å². The second-order valence-electron chi connectivity index (χ2n) is 3.87. The van der Waals surface area contributed by atoms with E-state index in [1.807, 2.05) is 29.6 Å². The third kappa shape index (κ3) is 3.08. The van der Waals surface area contributed by atoms with Gasteiger partial charge in [0.05, 0.1) is 5.69 Å². The Labute approximate surface area is 118 Å². The molecule has 0 radical (unpaired) electrons. The van der Waals surface area contributed by atoms with Crippen LogP contribution in [0.5, 0.6) is 0 Å². The molecule has 0 unspecified atom stereocenters. The van der Waals surface area contributed by atoms with Gasteiger partial charge in [0.1, 0.15) is 0 Å². The second-order valence-corrected chi connectivity index (χ2v) is 5.65. The van der Waals surface area contributed by atoms with Gasteiger partial charge in [-0.05, 0) is 12.1 Å². The first kappa shape index (κ1) is 13.0. The quantitative estimate of drug-likeness (QED) is 0.915. The van der Waals surface area contributed by atoms with Crippen LogP contribution in [0.2, 0.25) is 0 Å². The summed E-state index contributed by atoms with van der Waals surface area (Å²) in [5.74, 6) is 0. The van der Waals surface area contributed by atoms with Crippen LogP contribution in [0, 0.1) is 0 Å². The van der Waals surface area contributed by atoms with Crippen LogP contribution in [-0.2, 0) is 0 Å². The molecule has 0 saturated heterocycles. The highest BCUT2D eigenvalue weighted by Gasteiger charge is 2.09. The van der Waals surface area contributed by atoms with E-state index in [1.165, 1.54) is 16.2 Å². The minimum atomic E-state index is -0.176. The van der Waals surface area contributed by atoms with Gasteiger partial charge in [0, 0.05) is 29.5 Å². The maximum absolute atomic E-state index is 11.5. The summed E-state index contributed by atoms with van der Waals surface area (Å²) in [7, 11) is 3.39. The summed E-state index contributed by atoms with van der Waals surface area (Å²) < 4.78 is 1.01. The fraction of sp³-hybridized carbons (Fsp3) is 0.167. The van der Waals surface area contributed by atoms with Crippen LogP contribution in [0.4, 0.5) is 9.93 Å². The first-order valence-corrected chi connectivity index (χ1v) is 6.93. The molecule has 0 aliphatic carbocycles. The van der Waals surface area contributed by atoms with Gasteiger partial charge in [-0.15, -0.1) is 11.3 Å². The van der Waals surface area contributed by atoms with Crippen LogP contribution in [0.25, 0.3) is 11.3 Å². The average molecular weight is 326 g/mol. The number of hydrogen-bond acceptors (Lipinski definition) is 3. The van der Waals surface area contributed by atoms with Crippen LogP contribution >= 0.6 is 27.3 Å². The van der Waals surface area contributed by atoms with Crippen molar-refractivity contribution < 1.29 is 4.79 Å². The Morgan fingerprint density at radius 1 is 1.44 bits per heavy atom. The third-order valence-electron chi connectivity index (χ3n) is 2.24. The Kier molecular flexibility index (Phi) is 3.98. The van der Waals surface area contributed by atoms with E-state index in [0.29, 0.717) is 5.13 Å². The number of halogens is 1. The number of nitrogens with one attached hydrogen (secondary N) is 1. The summed E-state index contributed by atoms with van der Waals surface area (Å²) in [6, 6.07) is 7.72. The molecule has 0 spiro atoms. The minimum Gasteiger partial charge on any atom is -0.331 e. The first-order chi connectivity index (χ1) is 8.56. The van der Waals surface area contributed by atoms with Gasteiger partial charge in [0.2, 0.25) is 0 Å². The van der Waals surface area contributed by atoms with Crippen LogP contribution in [0.3, 0.4) is 0 Å². The standard InChI is InChI=1S/C12H12BrN3OS/c1-16(2)12(17)15-11-14-10(7-18-11)8-4-3-5-9(13)6-8/h3-7H,1-2H3,(H,14,15,17). The molecule has 0 fully saturated rings. The first-order valence-electron chi connectivity index (χ1n) is 5.26. The lowest BCUT2D eigenvalue weighted by atomic mass is 10.2.